The van der Waals surface area contributed by atoms with E-state index in [1.54, 1.807) is 19.2 Å². The maximum absolute atomic E-state index is 13.3. The van der Waals surface area contributed by atoms with Crippen molar-refractivity contribution in [2.75, 3.05) is 19.1 Å². The van der Waals surface area contributed by atoms with Gasteiger partial charge in [-0.15, -0.1) is 0 Å². The number of thiazole rings is 1. The van der Waals surface area contributed by atoms with E-state index in [-0.39, 0.29) is 29.7 Å². The molecule has 1 aliphatic heterocycles. The van der Waals surface area contributed by atoms with Crippen LogP contribution in [0.4, 0.5) is 11.5 Å². The number of anilines is 2. The van der Waals surface area contributed by atoms with Crippen LogP contribution in [0.2, 0.25) is 0 Å². The normalized spacial score (nSPS) is 15.6. The first kappa shape index (κ1) is 19.9. The summed E-state index contributed by atoms with van der Waals surface area (Å²) in [6.45, 7) is -0.267. The summed E-state index contributed by atoms with van der Waals surface area (Å²) in [7, 11) is 2.84. The third-order valence-electron chi connectivity index (χ3n) is 5.09. The van der Waals surface area contributed by atoms with Crippen LogP contribution in [-0.4, -0.2) is 30.7 Å². The second kappa shape index (κ2) is 8.16. The minimum absolute atomic E-state index is 0.166. The molecule has 0 saturated carbocycles. The lowest BCUT2D eigenvalue weighted by molar-refractivity contribution is -0.141. The average molecular weight is 424 g/mol. The van der Waals surface area contributed by atoms with E-state index >= 15 is 0 Å². The molecule has 1 amide bonds. The van der Waals surface area contributed by atoms with Crippen molar-refractivity contribution < 1.29 is 19.1 Å². The number of carbonyl (C=O) groups excluding carboxylic acids is 2. The SMILES string of the molecule is COC(=O)Cn1c2c(sc1=O)[C@@H](c1ccccc1OC)CC(=O)N2c1ccccc1. The largest absolute Gasteiger partial charge is 0.496 e. The lowest BCUT2D eigenvalue weighted by Crippen LogP contribution is -2.36. The number of ether oxygens (including phenoxy) is 2. The van der Waals surface area contributed by atoms with E-state index in [0.29, 0.717) is 17.3 Å². The van der Waals surface area contributed by atoms with Gasteiger partial charge in [0.1, 0.15) is 18.1 Å². The van der Waals surface area contributed by atoms with Gasteiger partial charge in [0.15, 0.2) is 0 Å². The number of para-hydroxylation sites is 2. The Kier molecular flexibility index (Phi) is 5.41. The zero-order valence-electron chi connectivity index (χ0n) is 16.5. The molecule has 1 aliphatic rings. The van der Waals surface area contributed by atoms with Crippen LogP contribution in [0.1, 0.15) is 22.8 Å². The van der Waals surface area contributed by atoms with E-state index in [2.05, 4.69) is 0 Å². The maximum Gasteiger partial charge on any atom is 0.325 e. The van der Waals surface area contributed by atoms with Gasteiger partial charge in [0.25, 0.3) is 0 Å². The van der Waals surface area contributed by atoms with Crippen LogP contribution in [0, 0.1) is 0 Å². The summed E-state index contributed by atoms with van der Waals surface area (Å²) in [5.74, 6) is -0.0117. The molecule has 0 bridgehead atoms. The minimum atomic E-state index is -0.558. The van der Waals surface area contributed by atoms with Gasteiger partial charge >= 0.3 is 10.8 Å². The van der Waals surface area contributed by atoms with Gasteiger partial charge < -0.3 is 9.47 Å². The summed E-state index contributed by atoms with van der Waals surface area (Å²) >= 11 is 1.04. The van der Waals surface area contributed by atoms with Gasteiger partial charge in [0.2, 0.25) is 5.91 Å². The van der Waals surface area contributed by atoms with Gasteiger partial charge in [0, 0.05) is 17.9 Å². The van der Waals surface area contributed by atoms with Crippen molar-refractivity contribution >= 4 is 34.7 Å². The highest BCUT2D eigenvalue weighted by atomic mass is 32.1. The molecule has 0 spiro atoms. The first-order valence-corrected chi connectivity index (χ1v) is 10.2. The van der Waals surface area contributed by atoms with Crippen LogP contribution in [0.3, 0.4) is 0 Å². The van der Waals surface area contributed by atoms with Crippen LogP contribution < -0.4 is 14.5 Å². The fourth-order valence-electron chi connectivity index (χ4n) is 3.73. The molecule has 0 aliphatic carbocycles. The number of rotatable bonds is 5. The molecule has 2 heterocycles. The van der Waals surface area contributed by atoms with E-state index in [1.165, 1.54) is 16.6 Å². The van der Waals surface area contributed by atoms with Gasteiger partial charge in [-0.3, -0.25) is 23.9 Å². The highest BCUT2D eigenvalue weighted by Gasteiger charge is 2.39. The van der Waals surface area contributed by atoms with Crippen molar-refractivity contribution in [2.24, 2.45) is 0 Å². The summed E-state index contributed by atoms with van der Waals surface area (Å²) < 4.78 is 11.6. The Hall–Kier alpha value is -3.39. The third-order valence-corrected chi connectivity index (χ3v) is 6.18. The van der Waals surface area contributed by atoms with Gasteiger partial charge in [0.05, 0.1) is 24.8 Å². The van der Waals surface area contributed by atoms with Crippen LogP contribution in [-0.2, 0) is 20.9 Å². The lowest BCUT2D eigenvalue weighted by atomic mass is 9.89. The Bertz CT molecular complexity index is 1150. The lowest BCUT2D eigenvalue weighted by Gasteiger charge is -2.33. The second-order valence-corrected chi connectivity index (χ2v) is 7.77. The number of carbonyl (C=O) groups is 2. The van der Waals surface area contributed by atoms with E-state index in [1.807, 2.05) is 42.5 Å². The fraction of sp³-hybridized carbons (Fsp3) is 0.227. The molecule has 3 aromatic rings. The van der Waals surface area contributed by atoms with Crippen LogP contribution >= 0.6 is 11.3 Å². The smallest absolute Gasteiger partial charge is 0.325 e. The molecule has 154 valence electrons. The third kappa shape index (κ3) is 3.39. The van der Waals surface area contributed by atoms with Gasteiger partial charge in [-0.05, 0) is 18.2 Å². The summed E-state index contributed by atoms with van der Waals surface area (Å²) in [4.78, 5) is 40.1. The summed E-state index contributed by atoms with van der Waals surface area (Å²) in [6, 6.07) is 16.6. The Labute approximate surface area is 177 Å². The zero-order chi connectivity index (χ0) is 21.3. The van der Waals surface area contributed by atoms with Gasteiger partial charge in [-0.2, -0.15) is 0 Å². The molecule has 1 atom stereocenters. The number of hydrogen-bond acceptors (Lipinski definition) is 6. The molecule has 0 unspecified atom stereocenters. The van der Waals surface area contributed by atoms with Gasteiger partial charge in [-0.1, -0.05) is 47.7 Å². The Balaban J connectivity index is 1.94. The van der Waals surface area contributed by atoms with Crippen molar-refractivity contribution in [3.8, 4) is 5.75 Å². The second-order valence-electron chi connectivity index (χ2n) is 6.78. The summed E-state index contributed by atoms with van der Waals surface area (Å²) in [6.07, 6.45) is 0.181. The molecular formula is C22H20N2O5S. The molecule has 4 rings (SSSR count). The Morgan fingerprint density at radius 3 is 2.47 bits per heavy atom. The standard InChI is InChI=1S/C22H20N2O5S/c1-28-17-11-7-6-10-15(17)16-12-18(25)24(14-8-4-3-5-9-14)21-20(16)30-22(27)23(21)13-19(26)29-2/h3-11,16H,12-13H2,1-2H3/t16-/m1/s1. The number of benzene rings is 2. The highest BCUT2D eigenvalue weighted by molar-refractivity contribution is 7.10. The topological polar surface area (TPSA) is 77.8 Å². The molecule has 8 heteroatoms. The van der Waals surface area contributed by atoms with E-state index in [4.69, 9.17) is 9.47 Å². The predicted octanol–water partition coefficient (Wildman–Crippen LogP) is 3.29. The first-order chi connectivity index (χ1) is 14.5. The maximum atomic E-state index is 13.3. The summed E-state index contributed by atoms with van der Waals surface area (Å²) in [5, 5.41) is 0. The number of esters is 1. The van der Waals surface area contributed by atoms with Crippen molar-refractivity contribution in [1.29, 1.82) is 0 Å². The number of methoxy groups -OCH3 is 2. The Morgan fingerprint density at radius 2 is 1.77 bits per heavy atom. The van der Waals surface area contributed by atoms with Crippen LogP contribution in [0.5, 0.6) is 5.75 Å². The number of hydrogen-bond donors (Lipinski definition) is 0. The molecule has 0 N–H and O–H groups in total. The van der Waals surface area contributed by atoms with Crippen molar-refractivity contribution in [3.05, 3.63) is 74.7 Å². The highest BCUT2D eigenvalue weighted by Crippen LogP contribution is 2.46. The van der Waals surface area contributed by atoms with Crippen molar-refractivity contribution in [1.82, 2.24) is 4.57 Å². The Morgan fingerprint density at radius 1 is 1.07 bits per heavy atom. The van der Waals surface area contributed by atoms with E-state index < -0.39 is 5.97 Å². The van der Waals surface area contributed by atoms with Gasteiger partial charge in [-0.25, -0.2) is 0 Å². The van der Waals surface area contributed by atoms with Crippen molar-refractivity contribution in [2.45, 2.75) is 18.9 Å². The van der Waals surface area contributed by atoms with E-state index in [0.717, 1.165) is 21.8 Å². The summed E-state index contributed by atoms with van der Waals surface area (Å²) in [5.41, 5.74) is 1.47. The number of amides is 1. The number of nitrogens with zero attached hydrogens (tertiary/aromatic N) is 2. The quantitative estimate of drug-likeness (QED) is 0.588. The molecule has 0 saturated heterocycles. The molecule has 30 heavy (non-hydrogen) atoms. The molecule has 0 fully saturated rings. The van der Waals surface area contributed by atoms with Crippen LogP contribution in [0.15, 0.2) is 59.4 Å². The van der Waals surface area contributed by atoms with Crippen molar-refractivity contribution in [3.63, 3.8) is 0 Å². The molecule has 1 aromatic heterocycles. The first-order valence-electron chi connectivity index (χ1n) is 9.36. The van der Waals surface area contributed by atoms with E-state index in [9.17, 15) is 14.4 Å². The number of aromatic nitrogens is 1. The van der Waals surface area contributed by atoms with Crippen LogP contribution in [0.25, 0.3) is 0 Å². The minimum Gasteiger partial charge on any atom is -0.496 e. The zero-order valence-corrected chi connectivity index (χ0v) is 17.3. The average Bonchev–Trinajstić information content (AvgIpc) is 3.09. The monoisotopic (exact) mass is 424 g/mol. The fourth-order valence-corrected chi connectivity index (χ4v) is 4.83. The predicted molar refractivity (Wildman–Crippen MR) is 114 cm³/mol. The molecule has 7 nitrogen and oxygen atoms in total. The number of fused-ring (bicyclic) bond motifs is 1. The molecule has 0 radical (unpaired) electrons. The molecule has 2 aromatic carbocycles. The molecular weight excluding hydrogens is 404 g/mol.